The molecule has 0 saturated carbocycles. The minimum absolute atomic E-state index is 0.0599. The number of pyridine rings is 1. The lowest BCUT2D eigenvalue weighted by Crippen LogP contribution is -2.60. The molecule has 1 aliphatic rings. The van der Waals surface area contributed by atoms with Gasteiger partial charge >= 0.3 is 0 Å². The summed E-state index contributed by atoms with van der Waals surface area (Å²) in [6.07, 6.45) is 3.91. The number of nitrogens with zero attached hydrogens (tertiary/aromatic N) is 1. The van der Waals surface area contributed by atoms with Gasteiger partial charge in [0.2, 0.25) is 0 Å². The lowest BCUT2D eigenvalue weighted by atomic mass is 9.81. The fourth-order valence-electron chi connectivity index (χ4n) is 3.98. The molecule has 0 spiro atoms. The van der Waals surface area contributed by atoms with Crippen LogP contribution in [-0.4, -0.2) is 29.3 Å². The number of piperidine rings is 1. The van der Waals surface area contributed by atoms with E-state index in [4.69, 9.17) is 9.47 Å². The van der Waals surface area contributed by atoms with Gasteiger partial charge in [-0.2, -0.15) is 0 Å². The van der Waals surface area contributed by atoms with Crippen LogP contribution < -0.4 is 14.8 Å². The summed E-state index contributed by atoms with van der Waals surface area (Å²) in [5.74, 6) is 1.62. The number of hydrogen-bond acceptors (Lipinski definition) is 4. The number of benzene rings is 1. The van der Waals surface area contributed by atoms with Gasteiger partial charge in [-0.3, -0.25) is 4.98 Å². The lowest BCUT2D eigenvalue weighted by molar-refractivity contribution is 0.0558. The van der Waals surface area contributed by atoms with Crippen LogP contribution in [0, 0.1) is 0 Å². The second kappa shape index (κ2) is 6.68. The Morgan fingerprint density at radius 3 is 2.36 bits per heavy atom. The first-order valence-electron chi connectivity index (χ1n) is 8.83. The molecule has 3 rings (SSSR count). The van der Waals surface area contributed by atoms with Gasteiger partial charge in [-0.05, 0) is 52.0 Å². The van der Waals surface area contributed by atoms with Crippen molar-refractivity contribution < 1.29 is 9.47 Å². The van der Waals surface area contributed by atoms with Crippen molar-refractivity contribution in [3.05, 3.63) is 42.6 Å². The van der Waals surface area contributed by atoms with E-state index in [0.717, 1.165) is 35.6 Å². The number of rotatable bonds is 4. The van der Waals surface area contributed by atoms with E-state index in [1.807, 2.05) is 36.4 Å². The second-order valence-electron chi connectivity index (χ2n) is 8.12. The van der Waals surface area contributed by atoms with Crippen molar-refractivity contribution in [2.45, 2.75) is 57.7 Å². The largest absolute Gasteiger partial charge is 0.496 e. The summed E-state index contributed by atoms with van der Waals surface area (Å²) >= 11 is 0. The number of aromatic nitrogens is 1. The van der Waals surface area contributed by atoms with Crippen molar-refractivity contribution in [3.63, 3.8) is 0 Å². The van der Waals surface area contributed by atoms with Crippen molar-refractivity contribution in [2.24, 2.45) is 0 Å². The Kier molecular flexibility index (Phi) is 4.74. The first-order chi connectivity index (χ1) is 11.8. The summed E-state index contributed by atoms with van der Waals surface area (Å²) in [5.41, 5.74) is 1.99. The lowest BCUT2D eigenvalue weighted by Gasteiger charge is -2.46. The van der Waals surface area contributed by atoms with Crippen molar-refractivity contribution >= 4 is 0 Å². The molecule has 0 radical (unpaired) electrons. The van der Waals surface area contributed by atoms with Gasteiger partial charge in [-0.25, -0.2) is 0 Å². The Morgan fingerprint density at radius 1 is 1.04 bits per heavy atom. The molecule has 1 fully saturated rings. The van der Waals surface area contributed by atoms with Gasteiger partial charge in [0.25, 0.3) is 0 Å². The minimum Gasteiger partial charge on any atom is -0.496 e. The van der Waals surface area contributed by atoms with Crippen LogP contribution >= 0.6 is 0 Å². The molecule has 0 unspecified atom stereocenters. The Morgan fingerprint density at radius 2 is 1.76 bits per heavy atom. The molecule has 1 aromatic carbocycles. The smallest absolute Gasteiger partial charge is 0.131 e. The Hall–Kier alpha value is -2.07. The zero-order chi connectivity index (χ0) is 18.1. The van der Waals surface area contributed by atoms with E-state index in [9.17, 15) is 0 Å². The molecule has 4 heteroatoms. The maximum Gasteiger partial charge on any atom is 0.131 e. The molecule has 1 saturated heterocycles. The highest BCUT2D eigenvalue weighted by atomic mass is 16.5. The van der Waals surface area contributed by atoms with E-state index in [0.29, 0.717) is 0 Å². The average molecular weight is 340 g/mol. The molecule has 2 heterocycles. The summed E-state index contributed by atoms with van der Waals surface area (Å²) in [7, 11) is 1.68. The average Bonchev–Trinajstić information content (AvgIpc) is 2.52. The predicted octanol–water partition coefficient (Wildman–Crippen LogP) is 4.45. The van der Waals surface area contributed by atoms with Gasteiger partial charge in [0.15, 0.2) is 0 Å². The van der Waals surface area contributed by atoms with E-state index in [-0.39, 0.29) is 17.2 Å². The standard InChI is InChI=1S/C21H28N2O2/c1-20(2)13-16(14-21(3,4)23-20)25-15-9-10-17(19(12-15)24-5)18-8-6-7-11-22-18/h6-12,16,23H,13-14H2,1-5H3. The van der Waals surface area contributed by atoms with Gasteiger partial charge in [-0.15, -0.1) is 0 Å². The summed E-state index contributed by atoms with van der Waals surface area (Å²) in [6, 6.07) is 11.9. The fraction of sp³-hybridized carbons (Fsp3) is 0.476. The molecule has 1 aliphatic heterocycles. The highest BCUT2D eigenvalue weighted by Gasteiger charge is 2.38. The summed E-state index contributed by atoms with van der Waals surface area (Å²) < 4.78 is 11.9. The number of hydrogen-bond donors (Lipinski definition) is 1. The topological polar surface area (TPSA) is 43.4 Å². The summed E-state index contributed by atoms with van der Waals surface area (Å²) in [5, 5.41) is 3.69. The van der Waals surface area contributed by atoms with Crippen LogP contribution in [0.5, 0.6) is 11.5 Å². The van der Waals surface area contributed by atoms with E-state index in [1.54, 1.807) is 13.3 Å². The third kappa shape index (κ3) is 4.31. The molecule has 134 valence electrons. The SMILES string of the molecule is COc1cc(OC2CC(C)(C)NC(C)(C)C2)ccc1-c1ccccn1. The molecule has 0 amide bonds. The predicted molar refractivity (Wildman–Crippen MR) is 101 cm³/mol. The van der Waals surface area contributed by atoms with Crippen LogP contribution in [0.15, 0.2) is 42.6 Å². The highest BCUT2D eigenvalue weighted by Crippen LogP contribution is 2.35. The van der Waals surface area contributed by atoms with Gasteiger partial charge in [0.1, 0.15) is 17.6 Å². The molecule has 0 aliphatic carbocycles. The maximum atomic E-state index is 6.32. The maximum absolute atomic E-state index is 6.32. The normalized spacial score (nSPS) is 19.4. The third-order valence-electron chi connectivity index (χ3n) is 4.57. The van der Waals surface area contributed by atoms with E-state index >= 15 is 0 Å². The van der Waals surface area contributed by atoms with Gasteiger partial charge in [0.05, 0.1) is 12.8 Å². The van der Waals surface area contributed by atoms with E-state index in [2.05, 4.69) is 38.0 Å². The van der Waals surface area contributed by atoms with Crippen LogP contribution in [0.1, 0.15) is 40.5 Å². The third-order valence-corrected chi connectivity index (χ3v) is 4.57. The van der Waals surface area contributed by atoms with Gasteiger partial charge in [0, 0.05) is 41.7 Å². The van der Waals surface area contributed by atoms with Crippen molar-refractivity contribution in [3.8, 4) is 22.8 Å². The molecule has 0 bridgehead atoms. The van der Waals surface area contributed by atoms with Crippen LogP contribution in [0.2, 0.25) is 0 Å². The Bertz CT molecular complexity index is 710. The second-order valence-corrected chi connectivity index (χ2v) is 8.12. The molecule has 4 nitrogen and oxygen atoms in total. The molecular formula is C21H28N2O2. The summed E-state index contributed by atoms with van der Waals surface area (Å²) in [6.45, 7) is 8.92. The van der Waals surface area contributed by atoms with Crippen LogP contribution in [0.25, 0.3) is 11.3 Å². The fourth-order valence-corrected chi connectivity index (χ4v) is 3.98. The zero-order valence-corrected chi connectivity index (χ0v) is 15.8. The quantitative estimate of drug-likeness (QED) is 0.893. The van der Waals surface area contributed by atoms with Crippen LogP contribution in [-0.2, 0) is 0 Å². The Balaban J connectivity index is 1.82. The number of ether oxygens (including phenoxy) is 2. The zero-order valence-electron chi connectivity index (χ0n) is 15.8. The number of nitrogens with one attached hydrogen (secondary N) is 1. The first-order valence-corrected chi connectivity index (χ1v) is 8.83. The van der Waals surface area contributed by atoms with Gasteiger partial charge in [-0.1, -0.05) is 6.07 Å². The minimum atomic E-state index is 0.0599. The molecule has 0 atom stereocenters. The van der Waals surface area contributed by atoms with Crippen molar-refractivity contribution in [1.29, 1.82) is 0 Å². The van der Waals surface area contributed by atoms with Crippen molar-refractivity contribution in [2.75, 3.05) is 7.11 Å². The van der Waals surface area contributed by atoms with E-state index in [1.165, 1.54) is 0 Å². The van der Waals surface area contributed by atoms with E-state index < -0.39 is 0 Å². The van der Waals surface area contributed by atoms with Crippen molar-refractivity contribution in [1.82, 2.24) is 10.3 Å². The van der Waals surface area contributed by atoms with Gasteiger partial charge < -0.3 is 14.8 Å². The molecule has 2 aromatic rings. The monoisotopic (exact) mass is 340 g/mol. The molecule has 1 N–H and O–H groups in total. The highest BCUT2D eigenvalue weighted by molar-refractivity contribution is 5.68. The van der Waals surface area contributed by atoms with Crippen LogP contribution in [0.3, 0.4) is 0 Å². The number of methoxy groups -OCH3 is 1. The molecular weight excluding hydrogens is 312 g/mol. The summed E-state index contributed by atoms with van der Waals surface area (Å²) in [4.78, 5) is 4.41. The molecule has 1 aromatic heterocycles. The molecule has 25 heavy (non-hydrogen) atoms. The Labute approximate surface area is 150 Å². The van der Waals surface area contributed by atoms with Crippen LogP contribution in [0.4, 0.5) is 0 Å². The first kappa shape index (κ1) is 17.7.